The van der Waals surface area contributed by atoms with Crippen molar-refractivity contribution in [3.63, 3.8) is 0 Å². The molecule has 0 atom stereocenters. The van der Waals surface area contributed by atoms with Gasteiger partial charge in [-0.05, 0) is 35.9 Å². The number of benzene rings is 2. The summed E-state index contributed by atoms with van der Waals surface area (Å²) in [6, 6.07) is 12.6. The highest BCUT2D eigenvalue weighted by Gasteiger charge is 2.07. The van der Waals surface area contributed by atoms with Crippen LogP contribution in [0, 0.1) is 0 Å². The lowest BCUT2D eigenvalue weighted by molar-refractivity contribution is 0.306. The average Bonchev–Trinajstić information content (AvgIpc) is 2.36. The van der Waals surface area contributed by atoms with Crippen molar-refractivity contribution in [2.75, 3.05) is 0 Å². The summed E-state index contributed by atoms with van der Waals surface area (Å²) in [7, 11) is 0. The molecule has 0 saturated heterocycles. The zero-order valence-electron chi connectivity index (χ0n) is 9.90. The summed E-state index contributed by atoms with van der Waals surface area (Å²) in [5.74, 6) is 0.569. The Balaban J connectivity index is 2.19. The zero-order valence-corrected chi connectivity index (χ0v) is 12.2. The predicted molar refractivity (Wildman–Crippen MR) is 83.1 cm³/mol. The quantitative estimate of drug-likeness (QED) is 0.859. The molecule has 0 unspecified atom stereocenters. The molecule has 0 saturated carbocycles. The van der Waals surface area contributed by atoms with Gasteiger partial charge in [-0.1, -0.05) is 47.6 Å². The molecule has 0 bridgehead atoms. The molecule has 0 heterocycles. The number of ether oxygens (including phenoxy) is 1. The molecule has 2 N–H and O–H groups in total. The lowest BCUT2D eigenvalue weighted by Gasteiger charge is -2.11. The van der Waals surface area contributed by atoms with Crippen molar-refractivity contribution in [1.29, 1.82) is 0 Å². The predicted octanol–water partition coefficient (Wildman–Crippen LogP) is 4.21. The maximum atomic E-state index is 5.94. The van der Waals surface area contributed by atoms with Crippen molar-refractivity contribution in [2.24, 2.45) is 5.73 Å². The summed E-state index contributed by atoms with van der Waals surface area (Å²) in [5.41, 5.74) is 7.27. The Labute approximate surface area is 127 Å². The Kier molecular flexibility index (Phi) is 4.64. The van der Waals surface area contributed by atoms with E-state index in [4.69, 9.17) is 45.9 Å². The van der Waals surface area contributed by atoms with Crippen LogP contribution in [0.5, 0.6) is 5.75 Å². The lowest BCUT2D eigenvalue weighted by atomic mass is 10.2. The molecule has 0 aliphatic carbocycles. The first-order valence-corrected chi connectivity index (χ1v) is 6.69. The molecule has 2 aromatic carbocycles. The minimum absolute atomic E-state index is 0.276. The molecule has 2 aromatic rings. The van der Waals surface area contributed by atoms with Crippen molar-refractivity contribution < 1.29 is 4.74 Å². The number of thiocarbonyl (C=S) groups is 1. The molecule has 0 spiro atoms. The van der Waals surface area contributed by atoms with Gasteiger partial charge in [0.2, 0.25) is 0 Å². The molecule has 2 nitrogen and oxygen atoms in total. The van der Waals surface area contributed by atoms with Gasteiger partial charge in [-0.25, -0.2) is 0 Å². The number of rotatable bonds is 4. The Hall–Kier alpha value is -1.29. The maximum Gasteiger partial charge on any atom is 0.131 e. The third kappa shape index (κ3) is 3.83. The largest absolute Gasteiger partial charge is 0.488 e. The smallest absolute Gasteiger partial charge is 0.131 e. The van der Waals surface area contributed by atoms with E-state index in [0.29, 0.717) is 28.0 Å². The van der Waals surface area contributed by atoms with Gasteiger partial charge in [0.1, 0.15) is 17.3 Å². The Morgan fingerprint density at radius 3 is 2.53 bits per heavy atom. The van der Waals surface area contributed by atoms with Gasteiger partial charge < -0.3 is 10.5 Å². The van der Waals surface area contributed by atoms with Crippen LogP contribution in [0.15, 0.2) is 42.5 Å². The molecule has 0 radical (unpaired) electrons. The van der Waals surface area contributed by atoms with Gasteiger partial charge in [0.15, 0.2) is 0 Å². The summed E-state index contributed by atoms with van der Waals surface area (Å²) in [5, 5.41) is 1.24. The molecular weight excluding hydrogens is 301 g/mol. The summed E-state index contributed by atoms with van der Waals surface area (Å²) in [6.07, 6.45) is 0. The molecule has 0 fully saturated rings. The second-order valence-corrected chi connectivity index (χ2v) is 5.24. The first-order valence-electron chi connectivity index (χ1n) is 5.53. The van der Waals surface area contributed by atoms with Crippen molar-refractivity contribution in [3.8, 4) is 5.75 Å². The second-order valence-electron chi connectivity index (χ2n) is 3.92. The molecule has 0 aliphatic rings. The standard InChI is InChI=1S/C14H11Cl2NOS/c15-10-3-1-2-9(6-10)8-18-13-7-11(16)4-5-12(13)14(17)19/h1-7H,8H2,(H2,17,19). The number of hydrogen-bond donors (Lipinski definition) is 1. The molecule has 19 heavy (non-hydrogen) atoms. The number of halogens is 2. The molecule has 0 aromatic heterocycles. The van der Waals surface area contributed by atoms with Gasteiger partial charge in [-0.2, -0.15) is 0 Å². The Bertz CT molecular complexity index is 616. The van der Waals surface area contributed by atoms with Crippen LogP contribution in [0.25, 0.3) is 0 Å². The highest BCUT2D eigenvalue weighted by atomic mass is 35.5. The van der Waals surface area contributed by atoms with E-state index in [2.05, 4.69) is 0 Å². The average molecular weight is 312 g/mol. The van der Waals surface area contributed by atoms with Crippen molar-refractivity contribution in [2.45, 2.75) is 6.61 Å². The zero-order chi connectivity index (χ0) is 13.8. The van der Waals surface area contributed by atoms with Crippen LogP contribution in [0.4, 0.5) is 0 Å². The van der Waals surface area contributed by atoms with E-state index in [1.165, 1.54) is 0 Å². The summed E-state index contributed by atoms with van der Waals surface area (Å²) in [6.45, 7) is 0.372. The van der Waals surface area contributed by atoms with Crippen molar-refractivity contribution >= 4 is 40.4 Å². The number of hydrogen-bond acceptors (Lipinski definition) is 2. The minimum atomic E-state index is 0.276. The normalized spacial score (nSPS) is 10.2. The SMILES string of the molecule is NC(=S)c1ccc(Cl)cc1OCc1cccc(Cl)c1. The van der Waals surface area contributed by atoms with E-state index in [1.807, 2.05) is 24.3 Å². The highest BCUT2D eigenvalue weighted by molar-refractivity contribution is 7.80. The van der Waals surface area contributed by atoms with Gasteiger partial charge in [0.25, 0.3) is 0 Å². The van der Waals surface area contributed by atoms with E-state index in [-0.39, 0.29) is 4.99 Å². The van der Waals surface area contributed by atoms with E-state index >= 15 is 0 Å². The van der Waals surface area contributed by atoms with E-state index in [0.717, 1.165) is 5.56 Å². The fourth-order valence-corrected chi connectivity index (χ4v) is 2.15. The molecule has 0 amide bonds. The first-order chi connectivity index (χ1) is 9.06. The van der Waals surface area contributed by atoms with Gasteiger partial charge in [0.05, 0.1) is 5.56 Å². The van der Waals surface area contributed by atoms with E-state index in [1.54, 1.807) is 18.2 Å². The van der Waals surface area contributed by atoms with Gasteiger partial charge in [-0.3, -0.25) is 0 Å². The molecular formula is C14H11Cl2NOS. The molecule has 5 heteroatoms. The van der Waals surface area contributed by atoms with E-state index < -0.39 is 0 Å². The Morgan fingerprint density at radius 1 is 1.11 bits per heavy atom. The fraction of sp³-hybridized carbons (Fsp3) is 0.0714. The summed E-state index contributed by atoms with van der Waals surface area (Å²) < 4.78 is 5.71. The maximum absolute atomic E-state index is 5.94. The first kappa shape index (κ1) is 14.1. The van der Waals surface area contributed by atoms with E-state index in [9.17, 15) is 0 Å². The minimum Gasteiger partial charge on any atom is -0.488 e. The molecule has 0 aliphatic heterocycles. The summed E-state index contributed by atoms with van der Waals surface area (Å²) >= 11 is 16.8. The second kappa shape index (κ2) is 6.24. The van der Waals surface area contributed by atoms with Crippen LogP contribution >= 0.6 is 35.4 Å². The Morgan fingerprint density at radius 2 is 1.84 bits per heavy atom. The topological polar surface area (TPSA) is 35.2 Å². The van der Waals surface area contributed by atoms with Crippen molar-refractivity contribution in [3.05, 3.63) is 63.6 Å². The molecule has 98 valence electrons. The third-order valence-corrected chi connectivity index (χ3v) is 3.18. The van der Waals surface area contributed by atoms with Crippen LogP contribution in [0.1, 0.15) is 11.1 Å². The van der Waals surface area contributed by atoms with Crippen LogP contribution < -0.4 is 10.5 Å². The van der Waals surface area contributed by atoms with Gasteiger partial charge in [0, 0.05) is 10.0 Å². The third-order valence-electron chi connectivity index (χ3n) is 2.49. The van der Waals surface area contributed by atoms with Crippen molar-refractivity contribution in [1.82, 2.24) is 0 Å². The van der Waals surface area contributed by atoms with Crippen LogP contribution in [0.3, 0.4) is 0 Å². The number of nitrogens with two attached hydrogens (primary N) is 1. The van der Waals surface area contributed by atoms with Gasteiger partial charge >= 0.3 is 0 Å². The highest BCUT2D eigenvalue weighted by Crippen LogP contribution is 2.24. The van der Waals surface area contributed by atoms with Gasteiger partial charge in [-0.15, -0.1) is 0 Å². The monoisotopic (exact) mass is 311 g/mol. The summed E-state index contributed by atoms with van der Waals surface area (Å²) in [4.78, 5) is 0.276. The van der Waals surface area contributed by atoms with Crippen LogP contribution in [0.2, 0.25) is 10.0 Å². The fourth-order valence-electron chi connectivity index (χ4n) is 1.61. The molecule has 2 rings (SSSR count). The van der Waals surface area contributed by atoms with Crippen LogP contribution in [-0.4, -0.2) is 4.99 Å². The van der Waals surface area contributed by atoms with Crippen LogP contribution in [-0.2, 0) is 6.61 Å². The lowest BCUT2D eigenvalue weighted by Crippen LogP contribution is -2.11.